The number of nitrogens with zero attached hydrogens (tertiary/aromatic N) is 2. The number of methoxy groups -OCH3 is 1. The molecule has 32 heavy (non-hydrogen) atoms. The van der Waals surface area contributed by atoms with Gasteiger partial charge in [-0.05, 0) is 36.5 Å². The highest BCUT2D eigenvalue weighted by Gasteiger charge is 2.42. The van der Waals surface area contributed by atoms with Gasteiger partial charge in [-0.2, -0.15) is 0 Å². The number of anilines is 1. The number of nitrogens with two attached hydrogens (primary N) is 1. The number of halogens is 4. The monoisotopic (exact) mass is 461 g/mol. The predicted octanol–water partition coefficient (Wildman–Crippen LogP) is 2.52. The molecule has 3 rings (SSSR count). The van der Waals surface area contributed by atoms with Crippen molar-refractivity contribution in [2.45, 2.75) is 49.6 Å². The molecular formula is C20H27F4N5O3. The second-order valence-electron chi connectivity index (χ2n) is 8.30. The highest BCUT2D eigenvalue weighted by atomic mass is 19.3. The zero-order valence-electron chi connectivity index (χ0n) is 17.6. The van der Waals surface area contributed by atoms with E-state index < -0.39 is 49.0 Å². The van der Waals surface area contributed by atoms with Gasteiger partial charge >= 0.3 is 6.03 Å². The molecule has 0 radical (unpaired) electrons. The normalized spacial score (nSPS) is 22.7. The van der Waals surface area contributed by atoms with Gasteiger partial charge < -0.3 is 26.0 Å². The Morgan fingerprint density at radius 2 is 2.03 bits per heavy atom. The molecule has 2 aliphatic rings. The molecule has 2 fully saturated rings. The van der Waals surface area contributed by atoms with Crippen LogP contribution in [0.4, 0.5) is 28.2 Å². The van der Waals surface area contributed by atoms with Gasteiger partial charge in [0, 0.05) is 26.1 Å². The van der Waals surface area contributed by atoms with E-state index in [1.165, 1.54) is 25.4 Å². The summed E-state index contributed by atoms with van der Waals surface area (Å²) in [6, 6.07) is 0.486. The number of rotatable bonds is 7. The van der Waals surface area contributed by atoms with Gasteiger partial charge in [-0.25, -0.2) is 27.3 Å². The van der Waals surface area contributed by atoms with Crippen LogP contribution in [0, 0.1) is 5.92 Å². The molecule has 2 atom stereocenters. The van der Waals surface area contributed by atoms with Crippen molar-refractivity contribution in [3.63, 3.8) is 0 Å². The maximum absolute atomic E-state index is 13.9. The zero-order chi connectivity index (χ0) is 23.5. The number of carbonyl (C=O) groups excluding carboxylic acids is 2. The van der Waals surface area contributed by atoms with Crippen LogP contribution >= 0.6 is 0 Å². The molecule has 8 nitrogen and oxygen atoms in total. The minimum Gasteiger partial charge on any atom is -0.382 e. The Hall–Kier alpha value is -2.47. The van der Waals surface area contributed by atoms with E-state index in [-0.39, 0.29) is 44.0 Å². The lowest BCUT2D eigenvalue weighted by molar-refractivity contribution is -0.120. The van der Waals surface area contributed by atoms with Gasteiger partial charge in [0.1, 0.15) is 5.82 Å². The van der Waals surface area contributed by atoms with E-state index in [1.54, 1.807) is 0 Å². The third-order valence-corrected chi connectivity index (χ3v) is 5.85. The molecule has 1 aromatic heterocycles. The van der Waals surface area contributed by atoms with Crippen LogP contribution in [0.25, 0.3) is 0 Å². The number of hydrogen-bond donors (Lipinski definition) is 3. The number of aromatic nitrogens is 1. The predicted molar refractivity (Wildman–Crippen MR) is 107 cm³/mol. The second kappa shape index (κ2) is 9.57. The maximum Gasteiger partial charge on any atom is 0.318 e. The molecule has 2 heterocycles. The summed E-state index contributed by atoms with van der Waals surface area (Å²) < 4.78 is 59.6. The van der Waals surface area contributed by atoms with Crippen LogP contribution in [0.15, 0.2) is 18.3 Å². The summed E-state index contributed by atoms with van der Waals surface area (Å²) in [5, 5.41) is 4.72. The fourth-order valence-corrected chi connectivity index (χ4v) is 4.03. The molecule has 0 bridgehead atoms. The Kier molecular flexibility index (Phi) is 7.23. The second-order valence-corrected chi connectivity index (χ2v) is 8.30. The maximum atomic E-state index is 13.9. The van der Waals surface area contributed by atoms with Crippen LogP contribution in [0.5, 0.6) is 0 Å². The minimum atomic E-state index is -3.10. The molecule has 0 aromatic carbocycles. The van der Waals surface area contributed by atoms with Crippen LogP contribution in [-0.4, -0.2) is 66.5 Å². The van der Waals surface area contributed by atoms with Gasteiger partial charge in [-0.15, -0.1) is 0 Å². The topological polar surface area (TPSA) is 110 Å². The smallest absolute Gasteiger partial charge is 0.318 e. The highest BCUT2D eigenvalue weighted by Crippen LogP contribution is 2.37. The summed E-state index contributed by atoms with van der Waals surface area (Å²) in [5.41, 5.74) is 6.42. The first-order chi connectivity index (χ1) is 15.0. The molecule has 3 amide bonds. The molecule has 1 saturated carbocycles. The summed E-state index contributed by atoms with van der Waals surface area (Å²) in [7, 11) is 1.38. The van der Waals surface area contributed by atoms with Gasteiger partial charge in [0.15, 0.2) is 0 Å². The lowest BCUT2D eigenvalue weighted by atomic mass is 9.82. The van der Waals surface area contributed by atoms with Gasteiger partial charge in [0.05, 0.1) is 31.8 Å². The van der Waals surface area contributed by atoms with E-state index in [1.807, 2.05) is 0 Å². The third kappa shape index (κ3) is 5.85. The average Bonchev–Trinajstić information content (AvgIpc) is 2.73. The van der Waals surface area contributed by atoms with Gasteiger partial charge in [-0.1, -0.05) is 0 Å². The molecule has 178 valence electrons. The van der Waals surface area contributed by atoms with Crippen LogP contribution in [0.2, 0.25) is 0 Å². The standard InChI is InChI=1S/C20H27F4N5O3/c1-32-9-14(29-11-20(23,24)10-27-18(29)31)13-4-7-26-15(8-13)28-17(30)16(25)12-2-5-19(21,22)6-3-12/h4,7-8,12,14,16H,2-3,5-6,9-11,25H2,1H3,(H,27,31)(H,26,28,30)/t14-,16+/m1/s1. The Balaban J connectivity index is 1.71. The summed E-state index contributed by atoms with van der Waals surface area (Å²) >= 11 is 0. The summed E-state index contributed by atoms with van der Waals surface area (Å²) in [4.78, 5) is 29.8. The first-order valence-corrected chi connectivity index (χ1v) is 10.3. The van der Waals surface area contributed by atoms with E-state index in [0.29, 0.717) is 5.56 Å². The Labute approximate surface area is 182 Å². The number of urea groups is 1. The van der Waals surface area contributed by atoms with Crippen LogP contribution in [0.3, 0.4) is 0 Å². The van der Waals surface area contributed by atoms with Crippen molar-refractivity contribution < 1.29 is 31.9 Å². The third-order valence-electron chi connectivity index (χ3n) is 5.85. The fourth-order valence-electron chi connectivity index (χ4n) is 4.03. The Morgan fingerprint density at radius 3 is 2.69 bits per heavy atom. The van der Waals surface area contributed by atoms with Crippen molar-refractivity contribution in [3.8, 4) is 0 Å². The fraction of sp³-hybridized carbons (Fsp3) is 0.650. The molecule has 0 spiro atoms. The molecule has 1 aliphatic heterocycles. The minimum absolute atomic E-state index is 0.0588. The zero-order valence-corrected chi connectivity index (χ0v) is 17.6. The lowest BCUT2D eigenvalue weighted by Crippen LogP contribution is -2.58. The van der Waals surface area contributed by atoms with Crippen LogP contribution in [0.1, 0.15) is 37.3 Å². The first kappa shape index (κ1) is 24.2. The molecule has 4 N–H and O–H groups in total. The summed E-state index contributed by atoms with van der Waals surface area (Å²) in [5.74, 6) is -6.67. The van der Waals surface area contributed by atoms with E-state index in [2.05, 4.69) is 15.6 Å². The van der Waals surface area contributed by atoms with Crippen molar-refractivity contribution in [2.75, 3.05) is 32.1 Å². The van der Waals surface area contributed by atoms with Crippen LogP contribution in [-0.2, 0) is 9.53 Å². The number of nitrogens with one attached hydrogen (secondary N) is 2. The van der Waals surface area contributed by atoms with E-state index in [9.17, 15) is 27.2 Å². The number of hydrogen-bond acceptors (Lipinski definition) is 5. The van der Waals surface area contributed by atoms with Gasteiger partial charge in [-0.3, -0.25) is 4.79 Å². The lowest BCUT2D eigenvalue weighted by Gasteiger charge is -2.38. The quantitative estimate of drug-likeness (QED) is 0.541. The summed E-state index contributed by atoms with van der Waals surface area (Å²) in [6.07, 6.45) is 1.02. The summed E-state index contributed by atoms with van der Waals surface area (Å²) in [6.45, 7) is -1.59. The number of amides is 3. The molecule has 1 aromatic rings. The Morgan fingerprint density at radius 1 is 1.34 bits per heavy atom. The van der Waals surface area contributed by atoms with Crippen molar-refractivity contribution in [1.82, 2.24) is 15.2 Å². The van der Waals surface area contributed by atoms with E-state index >= 15 is 0 Å². The number of pyridine rings is 1. The average molecular weight is 461 g/mol. The van der Waals surface area contributed by atoms with Crippen molar-refractivity contribution in [3.05, 3.63) is 23.9 Å². The van der Waals surface area contributed by atoms with Crippen molar-refractivity contribution in [2.24, 2.45) is 11.7 Å². The molecule has 1 saturated heterocycles. The SMILES string of the molecule is COC[C@H](c1ccnc(NC(=O)[C@@H](N)C2CCC(F)(F)CC2)c1)N1CC(F)(F)CNC1=O. The molecule has 1 aliphatic carbocycles. The van der Waals surface area contributed by atoms with E-state index in [0.717, 1.165) is 4.90 Å². The number of ether oxygens (including phenoxy) is 1. The number of alkyl halides is 4. The highest BCUT2D eigenvalue weighted by molar-refractivity contribution is 5.94. The van der Waals surface area contributed by atoms with Crippen molar-refractivity contribution in [1.29, 1.82) is 0 Å². The number of carbonyl (C=O) groups is 2. The van der Waals surface area contributed by atoms with E-state index in [4.69, 9.17) is 10.5 Å². The largest absolute Gasteiger partial charge is 0.382 e. The first-order valence-electron chi connectivity index (χ1n) is 10.3. The van der Waals surface area contributed by atoms with Gasteiger partial charge in [0.25, 0.3) is 5.92 Å². The molecular weight excluding hydrogens is 434 g/mol. The van der Waals surface area contributed by atoms with Crippen molar-refractivity contribution >= 4 is 17.8 Å². The van der Waals surface area contributed by atoms with Gasteiger partial charge in [0.2, 0.25) is 11.8 Å². The molecule has 0 unspecified atom stereocenters. The van der Waals surface area contributed by atoms with Crippen LogP contribution < -0.4 is 16.4 Å². The molecule has 12 heteroatoms. The Bertz CT molecular complexity index is 831.